The number of aliphatic hydroxyl groups excluding tert-OH is 1. The SMILES string of the molecule is COc1ccc2nccc([C@@H](O)CN3CCC(NC(=O)OC(C)(C)C)CC3)c2n1. The van der Waals surface area contributed by atoms with E-state index >= 15 is 0 Å². The van der Waals surface area contributed by atoms with E-state index in [1.165, 1.54) is 0 Å². The molecule has 0 aliphatic carbocycles. The minimum atomic E-state index is -0.685. The van der Waals surface area contributed by atoms with Gasteiger partial charge in [-0.3, -0.25) is 4.98 Å². The Morgan fingerprint density at radius 3 is 2.69 bits per heavy atom. The number of piperidine rings is 1. The molecule has 1 saturated heterocycles. The number of rotatable bonds is 5. The first-order valence-corrected chi connectivity index (χ1v) is 9.95. The predicted molar refractivity (Wildman–Crippen MR) is 110 cm³/mol. The van der Waals surface area contributed by atoms with Crippen LogP contribution in [0.5, 0.6) is 5.88 Å². The Hall–Kier alpha value is -2.45. The maximum atomic E-state index is 11.9. The number of ether oxygens (including phenoxy) is 2. The number of pyridine rings is 2. The molecule has 2 aromatic heterocycles. The van der Waals surface area contributed by atoms with Gasteiger partial charge in [-0.25, -0.2) is 9.78 Å². The Bertz CT molecular complexity index is 844. The van der Waals surface area contributed by atoms with Crippen LogP contribution in [-0.2, 0) is 4.74 Å². The number of aliphatic hydroxyl groups is 1. The second-order valence-corrected chi connectivity index (χ2v) is 8.36. The number of nitrogens with one attached hydrogen (secondary N) is 1. The van der Waals surface area contributed by atoms with Crippen LogP contribution in [-0.4, -0.2) is 64.5 Å². The number of likely N-dealkylation sites (tertiary alicyclic amines) is 1. The van der Waals surface area contributed by atoms with Gasteiger partial charge in [-0.2, -0.15) is 0 Å². The first-order chi connectivity index (χ1) is 13.7. The number of carbonyl (C=O) groups excluding carboxylic acids is 1. The summed E-state index contributed by atoms with van der Waals surface area (Å²) in [5.41, 5.74) is 1.62. The van der Waals surface area contributed by atoms with E-state index in [1.807, 2.05) is 26.8 Å². The molecule has 158 valence electrons. The molecule has 0 spiro atoms. The Morgan fingerprint density at radius 2 is 2.03 bits per heavy atom. The van der Waals surface area contributed by atoms with Gasteiger partial charge < -0.3 is 24.8 Å². The van der Waals surface area contributed by atoms with E-state index in [0.29, 0.717) is 17.9 Å². The summed E-state index contributed by atoms with van der Waals surface area (Å²) >= 11 is 0. The van der Waals surface area contributed by atoms with Gasteiger partial charge in [0.1, 0.15) is 5.60 Å². The lowest BCUT2D eigenvalue weighted by Gasteiger charge is -2.34. The van der Waals surface area contributed by atoms with Crippen molar-refractivity contribution in [1.29, 1.82) is 0 Å². The van der Waals surface area contributed by atoms with Crippen molar-refractivity contribution >= 4 is 17.1 Å². The topological polar surface area (TPSA) is 96.8 Å². The normalized spacial score (nSPS) is 17.1. The van der Waals surface area contributed by atoms with Crippen LogP contribution in [0.25, 0.3) is 11.0 Å². The molecule has 3 rings (SSSR count). The molecule has 1 aliphatic rings. The Kier molecular flexibility index (Phi) is 6.54. The molecule has 1 atom stereocenters. The summed E-state index contributed by atoms with van der Waals surface area (Å²) < 4.78 is 10.5. The molecule has 2 aromatic rings. The summed E-state index contributed by atoms with van der Waals surface area (Å²) in [5.74, 6) is 0.494. The summed E-state index contributed by atoms with van der Waals surface area (Å²) in [6.07, 6.45) is 2.26. The van der Waals surface area contributed by atoms with Crippen LogP contribution in [0, 0.1) is 0 Å². The fourth-order valence-electron chi connectivity index (χ4n) is 3.49. The number of amides is 1. The van der Waals surface area contributed by atoms with Crippen molar-refractivity contribution < 1.29 is 19.4 Å². The van der Waals surface area contributed by atoms with Gasteiger partial charge >= 0.3 is 6.09 Å². The lowest BCUT2D eigenvalue weighted by Crippen LogP contribution is -2.46. The molecule has 0 radical (unpaired) electrons. The van der Waals surface area contributed by atoms with Gasteiger partial charge in [0.05, 0.1) is 24.2 Å². The quantitative estimate of drug-likeness (QED) is 0.793. The average molecular weight is 402 g/mol. The van der Waals surface area contributed by atoms with Gasteiger partial charge in [0.15, 0.2) is 0 Å². The van der Waals surface area contributed by atoms with Crippen LogP contribution in [0.4, 0.5) is 4.79 Å². The van der Waals surface area contributed by atoms with Crippen LogP contribution < -0.4 is 10.1 Å². The van der Waals surface area contributed by atoms with Gasteiger partial charge in [-0.05, 0) is 45.7 Å². The minimum Gasteiger partial charge on any atom is -0.481 e. The molecular formula is C21H30N4O4. The third-order valence-electron chi connectivity index (χ3n) is 4.90. The highest BCUT2D eigenvalue weighted by atomic mass is 16.6. The highest BCUT2D eigenvalue weighted by Gasteiger charge is 2.25. The fraction of sp³-hybridized carbons (Fsp3) is 0.571. The molecule has 2 N–H and O–H groups in total. The van der Waals surface area contributed by atoms with Crippen LogP contribution in [0.2, 0.25) is 0 Å². The predicted octanol–water partition coefficient (Wildman–Crippen LogP) is 2.66. The third kappa shape index (κ3) is 5.77. The molecule has 8 heteroatoms. The van der Waals surface area contributed by atoms with Crippen molar-refractivity contribution in [2.24, 2.45) is 0 Å². The molecule has 0 unspecified atom stereocenters. The van der Waals surface area contributed by atoms with E-state index in [1.54, 1.807) is 25.4 Å². The van der Waals surface area contributed by atoms with Crippen LogP contribution in [0.3, 0.4) is 0 Å². The minimum absolute atomic E-state index is 0.0888. The third-order valence-corrected chi connectivity index (χ3v) is 4.90. The summed E-state index contributed by atoms with van der Waals surface area (Å²) in [6.45, 7) is 7.63. The zero-order valence-corrected chi connectivity index (χ0v) is 17.5. The second-order valence-electron chi connectivity index (χ2n) is 8.36. The first kappa shape index (κ1) is 21.3. The largest absolute Gasteiger partial charge is 0.481 e. The number of methoxy groups -OCH3 is 1. The number of alkyl carbamates (subject to hydrolysis) is 1. The van der Waals surface area contributed by atoms with Crippen molar-refractivity contribution in [3.63, 3.8) is 0 Å². The zero-order chi connectivity index (χ0) is 21.0. The van der Waals surface area contributed by atoms with Gasteiger partial charge in [-0.1, -0.05) is 0 Å². The number of aromatic nitrogens is 2. The van der Waals surface area contributed by atoms with Crippen molar-refractivity contribution in [2.45, 2.75) is 51.4 Å². The molecule has 1 amide bonds. The number of β-amino-alcohol motifs (C(OH)–C–C–N with tert-alkyl or cyclic N) is 1. The van der Waals surface area contributed by atoms with E-state index in [-0.39, 0.29) is 12.1 Å². The van der Waals surface area contributed by atoms with Crippen LogP contribution in [0.1, 0.15) is 45.3 Å². The number of hydrogen-bond acceptors (Lipinski definition) is 7. The van der Waals surface area contributed by atoms with E-state index < -0.39 is 11.7 Å². The van der Waals surface area contributed by atoms with E-state index in [4.69, 9.17) is 9.47 Å². The van der Waals surface area contributed by atoms with E-state index in [2.05, 4.69) is 20.2 Å². The molecule has 0 saturated carbocycles. The number of nitrogens with zero attached hydrogens (tertiary/aromatic N) is 3. The Labute approximate surface area is 171 Å². The second kappa shape index (κ2) is 8.92. The van der Waals surface area contributed by atoms with Gasteiger partial charge in [0.25, 0.3) is 0 Å². The summed E-state index contributed by atoms with van der Waals surface area (Å²) in [5, 5.41) is 13.8. The van der Waals surface area contributed by atoms with Crippen molar-refractivity contribution in [1.82, 2.24) is 20.2 Å². The first-order valence-electron chi connectivity index (χ1n) is 9.95. The number of fused-ring (bicyclic) bond motifs is 1. The number of hydrogen-bond donors (Lipinski definition) is 2. The highest BCUT2D eigenvalue weighted by molar-refractivity contribution is 5.78. The lowest BCUT2D eigenvalue weighted by atomic mass is 10.0. The summed E-state index contributed by atoms with van der Waals surface area (Å²) in [6, 6.07) is 5.49. The molecular weight excluding hydrogens is 372 g/mol. The van der Waals surface area contributed by atoms with Crippen LogP contribution >= 0.6 is 0 Å². The standard InChI is InChI=1S/C21H30N4O4/c1-21(2,3)29-20(27)23-14-8-11-25(12-9-14)13-17(26)15-7-10-22-16-5-6-18(28-4)24-19(15)16/h5-7,10,14,17,26H,8-9,11-13H2,1-4H3,(H,23,27)/t17-/m0/s1. The number of carbonyl (C=O) groups is 1. The molecule has 1 fully saturated rings. The molecule has 8 nitrogen and oxygen atoms in total. The average Bonchev–Trinajstić information content (AvgIpc) is 2.67. The molecule has 0 aromatic carbocycles. The Morgan fingerprint density at radius 1 is 1.31 bits per heavy atom. The van der Waals surface area contributed by atoms with Gasteiger partial charge in [-0.15, -0.1) is 0 Å². The molecule has 0 bridgehead atoms. The van der Waals surface area contributed by atoms with Gasteiger partial charge in [0.2, 0.25) is 5.88 Å². The zero-order valence-electron chi connectivity index (χ0n) is 17.5. The maximum Gasteiger partial charge on any atom is 0.407 e. The summed E-state index contributed by atoms with van der Waals surface area (Å²) in [4.78, 5) is 22.9. The van der Waals surface area contributed by atoms with E-state index in [0.717, 1.165) is 37.0 Å². The molecule has 3 heterocycles. The van der Waals surface area contributed by atoms with Crippen molar-refractivity contribution in [3.05, 3.63) is 30.0 Å². The highest BCUT2D eigenvalue weighted by Crippen LogP contribution is 2.25. The monoisotopic (exact) mass is 402 g/mol. The van der Waals surface area contributed by atoms with Gasteiger partial charge in [0, 0.05) is 43.5 Å². The smallest absolute Gasteiger partial charge is 0.407 e. The fourth-order valence-corrected chi connectivity index (χ4v) is 3.49. The van der Waals surface area contributed by atoms with Crippen LogP contribution in [0.15, 0.2) is 24.4 Å². The molecule has 29 heavy (non-hydrogen) atoms. The lowest BCUT2D eigenvalue weighted by molar-refractivity contribution is 0.0459. The van der Waals surface area contributed by atoms with Crippen molar-refractivity contribution in [2.75, 3.05) is 26.7 Å². The van der Waals surface area contributed by atoms with E-state index in [9.17, 15) is 9.90 Å². The Balaban J connectivity index is 1.57. The summed E-state index contributed by atoms with van der Waals surface area (Å²) in [7, 11) is 1.57. The maximum absolute atomic E-state index is 11.9. The molecule has 1 aliphatic heterocycles. The van der Waals surface area contributed by atoms with Crippen molar-refractivity contribution in [3.8, 4) is 5.88 Å².